The van der Waals surface area contributed by atoms with Crippen molar-refractivity contribution in [3.8, 4) is 17.2 Å². The zero-order valence-corrected chi connectivity index (χ0v) is 28.1. The lowest BCUT2D eigenvalue weighted by atomic mass is 9.79. The van der Waals surface area contributed by atoms with Crippen molar-refractivity contribution in [2.45, 2.75) is 57.1 Å². The number of carbonyl (C=O) groups excluding carboxylic acids is 4. The smallest absolute Gasteiger partial charge is 0.308 e. The van der Waals surface area contributed by atoms with Crippen LogP contribution in [0.2, 0.25) is 0 Å². The number of phenols is 1. The van der Waals surface area contributed by atoms with Gasteiger partial charge in [-0.15, -0.1) is 0 Å². The Morgan fingerprint density at radius 2 is 1.58 bits per heavy atom. The first kappa shape index (κ1) is 36.3. The zero-order chi connectivity index (χ0) is 37.4. The van der Waals surface area contributed by atoms with Crippen molar-refractivity contribution in [2.24, 2.45) is 11.5 Å². The molecule has 268 valence electrons. The Morgan fingerprint density at radius 3 is 2.25 bits per heavy atom. The lowest BCUT2D eigenvalue weighted by Gasteiger charge is -2.39. The number of fused-ring (bicyclic) bond motifs is 2. The summed E-state index contributed by atoms with van der Waals surface area (Å²) < 4.78 is 17.1. The quantitative estimate of drug-likeness (QED) is 0.0426. The number of hydrogen-bond acceptors (Lipinski definition) is 13. The number of ketones is 2. The van der Waals surface area contributed by atoms with Crippen LogP contribution >= 0.6 is 0 Å². The highest BCUT2D eigenvalue weighted by molar-refractivity contribution is 6.31. The van der Waals surface area contributed by atoms with Gasteiger partial charge in [-0.3, -0.25) is 19.2 Å². The Hall–Kier alpha value is -5.54. The molecule has 1 saturated heterocycles. The lowest BCUT2D eigenvalue weighted by molar-refractivity contribution is -0.268. The molecule has 1 aliphatic carbocycles. The highest BCUT2D eigenvalue weighted by atomic mass is 16.7. The van der Waals surface area contributed by atoms with Crippen molar-refractivity contribution in [3.63, 3.8) is 0 Å². The van der Waals surface area contributed by atoms with E-state index in [-0.39, 0.29) is 56.9 Å². The van der Waals surface area contributed by atoms with Gasteiger partial charge in [0.15, 0.2) is 17.9 Å². The average molecular weight is 709 g/mol. The van der Waals surface area contributed by atoms with Crippen LogP contribution in [0.5, 0.6) is 17.2 Å². The fourth-order valence-electron chi connectivity index (χ4n) is 6.47. The molecular formula is C39H36N2O11. The molecular weight excluding hydrogens is 672 g/mol. The first-order valence-corrected chi connectivity index (χ1v) is 16.3. The van der Waals surface area contributed by atoms with Crippen molar-refractivity contribution in [1.29, 1.82) is 0 Å². The molecule has 2 aliphatic rings. The second kappa shape index (κ2) is 14.6. The number of phenolic OH excluding ortho intramolecular Hbond substituents is 1. The first-order chi connectivity index (χ1) is 24.8. The number of carbonyl (C=O) groups is 4. The highest BCUT2D eigenvalue weighted by Gasteiger charge is 2.44. The second-order valence-corrected chi connectivity index (χ2v) is 12.6. The van der Waals surface area contributed by atoms with E-state index in [1.807, 2.05) is 30.3 Å². The number of hydrogen-bond donors (Lipinski definition) is 6. The van der Waals surface area contributed by atoms with Crippen molar-refractivity contribution >= 4 is 36.0 Å². The fraction of sp³-hybridized carbons (Fsp3) is 0.231. The fourth-order valence-corrected chi connectivity index (χ4v) is 6.47. The number of aldehydes is 1. The van der Waals surface area contributed by atoms with Crippen LogP contribution in [0, 0.1) is 0 Å². The van der Waals surface area contributed by atoms with Gasteiger partial charge in [0, 0.05) is 46.7 Å². The van der Waals surface area contributed by atoms with Crippen molar-refractivity contribution in [2.75, 3.05) is 0 Å². The average Bonchev–Trinajstić information content (AvgIpc) is 3.12. The number of nitrogens with two attached hydrogens (primary N) is 2. The molecule has 0 amide bonds. The van der Waals surface area contributed by atoms with Gasteiger partial charge in [-0.05, 0) is 47.9 Å². The summed E-state index contributed by atoms with van der Waals surface area (Å²) in [7, 11) is 0. The third-order valence-corrected chi connectivity index (χ3v) is 9.14. The molecule has 0 aromatic heterocycles. The van der Waals surface area contributed by atoms with Crippen LogP contribution in [0.25, 0.3) is 12.2 Å². The number of rotatable bonds is 9. The molecule has 8 N–H and O–H groups in total. The molecule has 0 saturated carbocycles. The first-order valence-electron chi connectivity index (χ1n) is 16.3. The van der Waals surface area contributed by atoms with Gasteiger partial charge < -0.3 is 46.1 Å². The molecule has 0 bridgehead atoms. The van der Waals surface area contributed by atoms with E-state index in [9.17, 15) is 39.6 Å². The number of ether oxygens (including phenoxy) is 3. The molecule has 0 unspecified atom stereocenters. The molecule has 0 spiro atoms. The van der Waals surface area contributed by atoms with Crippen LogP contribution in [0.3, 0.4) is 0 Å². The molecule has 13 nitrogen and oxygen atoms in total. The summed E-state index contributed by atoms with van der Waals surface area (Å²) in [5.74, 6) is -2.99. The van der Waals surface area contributed by atoms with Crippen molar-refractivity contribution < 1.29 is 53.8 Å². The van der Waals surface area contributed by atoms with Crippen LogP contribution in [0.1, 0.15) is 90.0 Å². The minimum absolute atomic E-state index is 0.0139. The Balaban J connectivity index is 1.55. The summed E-state index contributed by atoms with van der Waals surface area (Å²) in [6.07, 6.45) is -5.02. The Kier molecular flexibility index (Phi) is 10.2. The van der Waals surface area contributed by atoms with Gasteiger partial charge in [0.2, 0.25) is 6.29 Å². The maximum atomic E-state index is 14.5. The Labute approximate surface area is 297 Å². The molecule has 52 heavy (non-hydrogen) atoms. The largest absolute Gasteiger partial charge is 0.507 e. The maximum Gasteiger partial charge on any atom is 0.308 e. The van der Waals surface area contributed by atoms with Gasteiger partial charge in [0.1, 0.15) is 35.6 Å². The van der Waals surface area contributed by atoms with Gasteiger partial charge in [0.25, 0.3) is 0 Å². The zero-order valence-electron chi connectivity index (χ0n) is 28.1. The van der Waals surface area contributed by atoms with E-state index in [0.29, 0.717) is 17.4 Å². The Bertz CT molecular complexity index is 2110. The SMILES string of the molecule is CC(=O)Oc1ccc2c(c1/C=C/c1ccccc1)C(=O)c1cc(O[C@H]3O[C@@H](C)[C@@H](O)[C@@H](O)[C@H]3O)c(Cc3cccc(C(N)N)c3C=O)c(O)c1C2=O. The summed E-state index contributed by atoms with van der Waals surface area (Å²) in [6.45, 7) is 2.64. The molecule has 4 aromatic carbocycles. The predicted octanol–water partition coefficient (Wildman–Crippen LogP) is 2.79. The summed E-state index contributed by atoms with van der Waals surface area (Å²) in [5.41, 5.74) is 12.6. The minimum atomic E-state index is -1.78. The standard InChI is InChI=1S/C39H36N2O11/c1-18-32(44)36(48)37(49)39(50-18)52-29-16-26-31(34(46)25(29)15-21-9-6-10-22(38(40)41)27(21)17-42)33(45)24-13-14-28(51-19(2)43)23(30(24)35(26)47)12-11-20-7-4-3-5-8-20/h3-14,16-18,32,36-39,44,46,48-49H,15,40-41H2,1-2H3/b12-11+/t18-,32+,36+,37+,39+/m0/s1. The third-order valence-electron chi connectivity index (χ3n) is 9.14. The maximum absolute atomic E-state index is 14.5. The highest BCUT2D eigenvalue weighted by Crippen LogP contribution is 2.44. The molecule has 6 rings (SSSR count). The molecule has 4 aromatic rings. The van der Waals surface area contributed by atoms with E-state index in [4.69, 9.17) is 25.7 Å². The van der Waals surface area contributed by atoms with Crippen LogP contribution in [0.4, 0.5) is 0 Å². The van der Waals surface area contributed by atoms with Gasteiger partial charge in [-0.25, -0.2) is 0 Å². The van der Waals surface area contributed by atoms with Gasteiger partial charge in [0.05, 0.1) is 17.8 Å². The predicted molar refractivity (Wildman–Crippen MR) is 187 cm³/mol. The number of benzene rings is 4. The summed E-state index contributed by atoms with van der Waals surface area (Å²) in [4.78, 5) is 53.1. The van der Waals surface area contributed by atoms with Crippen LogP contribution in [-0.4, -0.2) is 75.0 Å². The molecule has 1 fully saturated rings. The summed E-state index contributed by atoms with van der Waals surface area (Å²) in [6, 6.07) is 17.7. The molecule has 13 heteroatoms. The van der Waals surface area contributed by atoms with Gasteiger partial charge in [-0.2, -0.15) is 0 Å². The van der Waals surface area contributed by atoms with Crippen LogP contribution in [0.15, 0.2) is 66.7 Å². The Morgan fingerprint density at radius 1 is 0.865 bits per heavy atom. The van der Waals surface area contributed by atoms with E-state index in [1.54, 1.807) is 30.4 Å². The van der Waals surface area contributed by atoms with Gasteiger partial charge >= 0.3 is 5.97 Å². The lowest BCUT2D eigenvalue weighted by Crippen LogP contribution is -2.58. The normalized spacial score (nSPS) is 21.2. The minimum Gasteiger partial charge on any atom is -0.507 e. The van der Waals surface area contributed by atoms with Crippen molar-refractivity contribution in [1.82, 2.24) is 0 Å². The molecule has 5 atom stereocenters. The summed E-state index contributed by atoms with van der Waals surface area (Å²) >= 11 is 0. The third kappa shape index (κ3) is 6.64. The van der Waals surface area contributed by atoms with E-state index < -0.39 is 60.2 Å². The van der Waals surface area contributed by atoms with E-state index in [2.05, 4.69) is 0 Å². The van der Waals surface area contributed by atoms with Crippen molar-refractivity contribution in [3.05, 3.63) is 122 Å². The topological polar surface area (TPSA) is 229 Å². The number of esters is 1. The number of aromatic hydroxyl groups is 1. The second-order valence-electron chi connectivity index (χ2n) is 12.6. The molecule has 1 aliphatic heterocycles. The number of aliphatic hydroxyl groups is 3. The molecule has 0 radical (unpaired) electrons. The monoisotopic (exact) mass is 708 g/mol. The van der Waals surface area contributed by atoms with Crippen LogP contribution in [-0.2, 0) is 16.0 Å². The van der Waals surface area contributed by atoms with E-state index in [0.717, 1.165) is 5.56 Å². The molecule has 1 heterocycles. The van der Waals surface area contributed by atoms with E-state index >= 15 is 0 Å². The number of aliphatic hydroxyl groups excluding tert-OH is 3. The van der Waals surface area contributed by atoms with Gasteiger partial charge in [-0.1, -0.05) is 54.6 Å². The van der Waals surface area contributed by atoms with E-state index in [1.165, 1.54) is 32.0 Å². The summed E-state index contributed by atoms with van der Waals surface area (Å²) in [5, 5.41) is 43.5. The van der Waals surface area contributed by atoms with Crippen LogP contribution < -0.4 is 20.9 Å².